The molecule has 2 aromatic carbocycles. The van der Waals surface area contributed by atoms with Gasteiger partial charge in [-0.3, -0.25) is 0 Å². The monoisotopic (exact) mass is 362 g/mol. The van der Waals surface area contributed by atoms with E-state index in [0.29, 0.717) is 12.1 Å². The number of sulfonamides is 1. The molecular weight excluding hydrogens is 340 g/mol. The number of aryl methyl sites for hydroxylation is 1. The zero-order valence-electron chi connectivity index (χ0n) is 14.5. The van der Waals surface area contributed by atoms with Crippen LogP contribution in [0.1, 0.15) is 15.9 Å². The van der Waals surface area contributed by atoms with Gasteiger partial charge in [0.1, 0.15) is 0 Å². The number of anilines is 1. The van der Waals surface area contributed by atoms with Gasteiger partial charge in [0.05, 0.1) is 17.6 Å². The number of hydrogen-bond acceptors (Lipinski definition) is 5. The lowest BCUT2D eigenvalue weighted by atomic mass is 10.1. The number of esters is 1. The second-order valence-electron chi connectivity index (χ2n) is 5.62. The predicted octanol–water partition coefficient (Wildman–Crippen LogP) is 2.20. The Hall–Kier alpha value is -2.38. The van der Waals surface area contributed by atoms with Crippen LogP contribution in [0.5, 0.6) is 0 Å². The summed E-state index contributed by atoms with van der Waals surface area (Å²) in [6.45, 7) is 2.49. The van der Waals surface area contributed by atoms with Crippen LogP contribution in [0.2, 0.25) is 0 Å². The molecule has 0 aromatic heterocycles. The van der Waals surface area contributed by atoms with Crippen LogP contribution in [-0.4, -0.2) is 41.6 Å². The third-order valence-electron chi connectivity index (χ3n) is 3.86. The molecule has 2 rings (SSSR count). The lowest BCUT2D eigenvalue weighted by Gasteiger charge is -2.19. The highest BCUT2D eigenvalue weighted by Crippen LogP contribution is 2.16. The molecule has 134 valence electrons. The zero-order valence-corrected chi connectivity index (χ0v) is 15.3. The van der Waals surface area contributed by atoms with Crippen molar-refractivity contribution in [2.75, 3.05) is 32.1 Å². The summed E-state index contributed by atoms with van der Waals surface area (Å²) >= 11 is 0. The molecular formula is C18H22N2O4S. The molecule has 1 N–H and O–H groups in total. The SMILES string of the molecule is COC(=O)c1cc(S(=O)(=O)NCCN(C)c2ccccc2)ccc1C. The average molecular weight is 362 g/mol. The van der Waals surface area contributed by atoms with Crippen LogP contribution in [0.4, 0.5) is 5.69 Å². The Balaban J connectivity index is 2.05. The Labute approximate surface area is 148 Å². The fourth-order valence-electron chi connectivity index (χ4n) is 2.34. The van der Waals surface area contributed by atoms with Crippen LogP contribution in [0, 0.1) is 6.92 Å². The molecule has 0 heterocycles. The number of benzene rings is 2. The summed E-state index contributed by atoms with van der Waals surface area (Å²) in [5.41, 5.74) is 1.91. The van der Waals surface area contributed by atoms with Gasteiger partial charge in [-0.25, -0.2) is 17.9 Å². The molecule has 0 radical (unpaired) electrons. The number of nitrogens with one attached hydrogen (secondary N) is 1. The summed E-state index contributed by atoms with van der Waals surface area (Å²) in [6.07, 6.45) is 0. The third kappa shape index (κ3) is 4.80. The van der Waals surface area contributed by atoms with Crippen molar-refractivity contribution in [3.8, 4) is 0 Å². The first-order chi connectivity index (χ1) is 11.8. The first-order valence-corrected chi connectivity index (χ1v) is 9.28. The first kappa shape index (κ1) is 19.0. The number of methoxy groups -OCH3 is 1. The second-order valence-corrected chi connectivity index (χ2v) is 7.39. The van der Waals surface area contributed by atoms with Crippen molar-refractivity contribution in [1.82, 2.24) is 4.72 Å². The van der Waals surface area contributed by atoms with E-state index < -0.39 is 16.0 Å². The molecule has 0 aliphatic heterocycles. The normalized spacial score (nSPS) is 11.2. The average Bonchev–Trinajstić information content (AvgIpc) is 2.61. The number of rotatable bonds is 7. The van der Waals surface area contributed by atoms with Crippen molar-refractivity contribution in [2.24, 2.45) is 0 Å². The summed E-state index contributed by atoms with van der Waals surface area (Å²) in [5.74, 6) is -0.557. The van der Waals surface area contributed by atoms with Gasteiger partial charge >= 0.3 is 5.97 Å². The number of carbonyl (C=O) groups excluding carboxylic acids is 1. The number of carbonyl (C=O) groups is 1. The van der Waals surface area contributed by atoms with Crippen LogP contribution in [0.25, 0.3) is 0 Å². The largest absolute Gasteiger partial charge is 0.465 e. The lowest BCUT2D eigenvalue weighted by molar-refractivity contribution is 0.0599. The molecule has 0 fully saturated rings. The van der Waals surface area contributed by atoms with E-state index in [9.17, 15) is 13.2 Å². The molecule has 7 heteroatoms. The van der Waals surface area contributed by atoms with Gasteiger partial charge < -0.3 is 9.64 Å². The minimum Gasteiger partial charge on any atom is -0.465 e. The highest BCUT2D eigenvalue weighted by atomic mass is 32.2. The molecule has 0 atom stereocenters. The number of nitrogens with zero attached hydrogens (tertiary/aromatic N) is 1. The van der Waals surface area contributed by atoms with Gasteiger partial charge in [0.15, 0.2) is 0 Å². The minimum atomic E-state index is -3.70. The third-order valence-corrected chi connectivity index (χ3v) is 5.32. The van der Waals surface area contributed by atoms with E-state index in [1.165, 1.54) is 19.2 Å². The second kappa shape index (κ2) is 8.13. The summed E-state index contributed by atoms with van der Waals surface area (Å²) in [5, 5.41) is 0. The fourth-order valence-corrected chi connectivity index (χ4v) is 3.39. The molecule has 0 aliphatic carbocycles. The summed E-state index contributed by atoms with van der Waals surface area (Å²) in [7, 11) is -0.545. The van der Waals surface area contributed by atoms with Crippen molar-refractivity contribution in [1.29, 1.82) is 0 Å². The molecule has 6 nitrogen and oxygen atoms in total. The maximum atomic E-state index is 12.4. The van der Waals surface area contributed by atoms with Gasteiger partial charge in [0, 0.05) is 25.8 Å². The van der Waals surface area contributed by atoms with Crippen LogP contribution < -0.4 is 9.62 Å². The number of para-hydroxylation sites is 1. The van der Waals surface area contributed by atoms with Gasteiger partial charge in [-0.2, -0.15) is 0 Å². The molecule has 0 amide bonds. The van der Waals surface area contributed by atoms with Crippen molar-refractivity contribution in [3.05, 3.63) is 59.7 Å². The van der Waals surface area contributed by atoms with Crippen LogP contribution in [0.15, 0.2) is 53.4 Å². The Morgan fingerprint density at radius 1 is 1.16 bits per heavy atom. The van der Waals surface area contributed by atoms with E-state index in [2.05, 4.69) is 9.46 Å². The fraction of sp³-hybridized carbons (Fsp3) is 0.278. The Morgan fingerprint density at radius 3 is 2.48 bits per heavy atom. The van der Waals surface area contributed by atoms with Crippen molar-refractivity contribution < 1.29 is 17.9 Å². The Morgan fingerprint density at radius 2 is 1.84 bits per heavy atom. The van der Waals surface area contributed by atoms with Crippen molar-refractivity contribution in [3.63, 3.8) is 0 Å². The van der Waals surface area contributed by atoms with E-state index in [1.807, 2.05) is 42.3 Å². The molecule has 0 bridgehead atoms. The molecule has 0 aliphatic rings. The number of ether oxygens (including phenoxy) is 1. The van der Waals surface area contributed by atoms with Crippen LogP contribution in [0.3, 0.4) is 0 Å². The van der Waals surface area contributed by atoms with E-state index >= 15 is 0 Å². The molecule has 0 saturated carbocycles. The van der Waals surface area contributed by atoms with E-state index in [-0.39, 0.29) is 17.0 Å². The van der Waals surface area contributed by atoms with E-state index in [4.69, 9.17) is 0 Å². The van der Waals surface area contributed by atoms with Crippen molar-refractivity contribution in [2.45, 2.75) is 11.8 Å². The lowest BCUT2D eigenvalue weighted by Crippen LogP contribution is -2.33. The van der Waals surface area contributed by atoms with E-state index in [0.717, 1.165) is 5.69 Å². The van der Waals surface area contributed by atoms with Gasteiger partial charge in [-0.05, 0) is 36.8 Å². The van der Waals surface area contributed by atoms with Crippen molar-refractivity contribution >= 4 is 21.7 Å². The standard InChI is InChI=1S/C18H22N2O4S/c1-14-9-10-16(13-17(14)18(21)24-3)25(22,23)19-11-12-20(2)15-7-5-4-6-8-15/h4-10,13,19H,11-12H2,1-3H3. The maximum Gasteiger partial charge on any atom is 0.338 e. The summed E-state index contributed by atoms with van der Waals surface area (Å²) in [4.78, 5) is 13.7. The predicted molar refractivity (Wildman–Crippen MR) is 97.4 cm³/mol. The van der Waals surface area contributed by atoms with Gasteiger partial charge in [0.25, 0.3) is 0 Å². The summed E-state index contributed by atoms with van der Waals surface area (Å²) < 4.78 is 32.1. The summed E-state index contributed by atoms with van der Waals surface area (Å²) in [6, 6.07) is 14.1. The molecule has 25 heavy (non-hydrogen) atoms. The Kier molecular flexibility index (Phi) is 6.17. The molecule has 2 aromatic rings. The number of likely N-dealkylation sites (N-methyl/N-ethyl adjacent to an activating group) is 1. The topological polar surface area (TPSA) is 75.7 Å². The highest BCUT2D eigenvalue weighted by molar-refractivity contribution is 7.89. The van der Waals surface area contributed by atoms with Gasteiger partial charge in [-0.1, -0.05) is 24.3 Å². The van der Waals surface area contributed by atoms with Gasteiger partial charge in [-0.15, -0.1) is 0 Å². The van der Waals surface area contributed by atoms with Crippen LogP contribution in [-0.2, 0) is 14.8 Å². The molecule has 0 saturated heterocycles. The van der Waals surface area contributed by atoms with E-state index in [1.54, 1.807) is 13.0 Å². The highest BCUT2D eigenvalue weighted by Gasteiger charge is 2.18. The molecule has 0 unspecified atom stereocenters. The molecule has 0 spiro atoms. The Bertz CT molecular complexity index is 835. The number of hydrogen-bond donors (Lipinski definition) is 1. The smallest absolute Gasteiger partial charge is 0.338 e. The zero-order chi connectivity index (χ0) is 18.4. The first-order valence-electron chi connectivity index (χ1n) is 7.80. The maximum absolute atomic E-state index is 12.4. The van der Waals surface area contributed by atoms with Gasteiger partial charge in [0.2, 0.25) is 10.0 Å². The quantitative estimate of drug-likeness (QED) is 0.764. The minimum absolute atomic E-state index is 0.0425. The van der Waals surface area contributed by atoms with Crippen LogP contribution >= 0.6 is 0 Å².